The molecule has 31 heavy (non-hydrogen) atoms. The number of rotatable bonds is 4. The summed E-state index contributed by atoms with van der Waals surface area (Å²) in [7, 11) is 3.33. The molecule has 0 bridgehead atoms. The monoisotopic (exact) mass is 423 g/mol. The topological polar surface area (TPSA) is 38.1 Å². The molecule has 4 aromatic rings. The van der Waals surface area contributed by atoms with E-state index in [1.54, 1.807) is 26.4 Å². The standard InChI is InChI=1S/C24H20F3N3O/c1-29(2)22(31)13-17-15-30(19-10-6-9-18(14-19)24(25,26)27)28-23(17)21-12-5-8-16-7-3-4-11-20(16)21/h3-12,14-15H,13H2,1-2H3. The van der Waals surface area contributed by atoms with Crippen LogP contribution in [0.1, 0.15) is 11.1 Å². The molecule has 0 aliphatic carbocycles. The van der Waals surface area contributed by atoms with Crippen molar-refractivity contribution >= 4 is 16.7 Å². The van der Waals surface area contributed by atoms with Crippen molar-refractivity contribution in [2.24, 2.45) is 0 Å². The van der Waals surface area contributed by atoms with Crippen LogP contribution in [0.25, 0.3) is 27.7 Å². The van der Waals surface area contributed by atoms with Crippen molar-refractivity contribution < 1.29 is 18.0 Å². The van der Waals surface area contributed by atoms with Gasteiger partial charge in [-0.1, -0.05) is 48.5 Å². The molecule has 3 aromatic carbocycles. The van der Waals surface area contributed by atoms with E-state index < -0.39 is 11.7 Å². The highest BCUT2D eigenvalue weighted by molar-refractivity contribution is 5.97. The fourth-order valence-corrected chi connectivity index (χ4v) is 3.48. The SMILES string of the molecule is CN(C)C(=O)Cc1cn(-c2cccc(C(F)(F)F)c2)nc1-c1cccc2ccccc12. The minimum absolute atomic E-state index is 0.0878. The molecule has 0 spiro atoms. The van der Waals surface area contributed by atoms with Crippen molar-refractivity contribution in [2.45, 2.75) is 12.6 Å². The van der Waals surface area contributed by atoms with Gasteiger partial charge < -0.3 is 4.90 Å². The molecule has 0 fully saturated rings. The maximum absolute atomic E-state index is 13.2. The number of benzene rings is 3. The van der Waals surface area contributed by atoms with E-state index in [2.05, 4.69) is 5.10 Å². The predicted octanol–water partition coefficient (Wildman–Crippen LogP) is 5.34. The van der Waals surface area contributed by atoms with Crippen LogP contribution in [0.15, 0.2) is 72.9 Å². The van der Waals surface area contributed by atoms with Gasteiger partial charge in [0.15, 0.2) is 0 Å². The van der Waals surface area contributed by atoms with Crippen LogP contribution in [-0.4, -0.2) is 34.7 Å². The molecule has 0 N–H and O–H groups in total. The first-order chi connectivity index (χ1) is 14.7. The summed E-state index contributed by atoms with van der Waals surface area (Å²) in [6.07, 6.45) is -2.73. The summed E-state index contributed by atoms with van der Waals surface area (Å²) in [5.41, 5.74) is 1.57. The molecule has 0 saturated heterocycles. The van der Waals surface area contributed by atoms with Gasteiger partial charge in [0, 0.05) is 31.4 Å². The first kappa shape index (κ1) is 20.7. The normalized spacial score (nSPS) is 11.6. The van der Waals surface area contributed by atoms with Gasteiger partial charge in [-0.15, -0.1) is 0 Å². The number of amides is 1. The second-order valence-electron chi connectivity index (χ2n) is 7.49. The zero-order chi connectivity index (χ0) is 22.2. The van der Waals surface area contributed by atoms with Crippen LogP contribution in [0.5, 0.6) is 0 Å². The lowest BCUT2D eigenvalue weighted by molar-refractivity contribution is -0.137. The van der Waals surface area contributed by atoms with Crippen LogP contribution >= 0.6 is 0 Å². The lowest BCUT2D eigenvalue weighted by Crippen LogP contribution is -2.23. The Morgan fingerprint density at radius 1 is 1.00 bits per heavy atom. The maximum Gasteiger partial charge on any atom is 0.416 e. The quantitative estimate of drug-likeness (QED) is 0.444. The van der Waals surface area contributed by atoms with Crippen molar-refractivity contribution in [1.82, 2.24) is 14.7 Å². The third-order valence-corrected chi connectivity index (χ3v) is 5.11. The Balaban J connectivity index is 1.89. The third kappa shape index (κ3) is 4.17. The number of carbonyl (C=O) groups excluding carboxylic acids is 1. The Morgan fingerprint density at radius 2 is 1.71 bits per heavy atom. The third-order valence-electron chi connectivity index (χ3n) is 5.11. The van der Waals surface area contributed by atoms with Gasteiger partial charge in [-0.2, -0.15) is 18.3 Å². The minimum Gasteiger partial charge on any atom is -0.349 e. The zero-order valence-corrected chi connectivity index (χ0v) is 17.0. The molecule has 4 rings (SSSR count). The number of fused-ring (bicyclic) bond motifs is 1. The molecule has 7 heteroatoms. The van der Waals surface area contributed by atoms with E-state index in [1.165, 1.54) is 15.6 Å². The second-order valence-corrected chi connectivity index (χ2v) is 7.49. The lowest BCUT2D eigenvalue weighted by atomic mass is 9.99. The Hall–Kier alpha value is -3.61. The van der Waals surface area contributed by atoms with E-state index in [0.29, 0.717) is 11.3 Å². The summed E-state index contributed by atoms with van der Waals surface area (Å²) in [5.74, 6) is -0.120. The molecular formula is C24H20F3N3O. The van der Waals surface area contributed by atoms with E-state index in [9.17, 15) is 18.0 Å². The van der Waals surface area contributed by atoms with Crippen LogP contribution in [0.3, 0.4) is 0 Å². The minimum atomic E-state index is -4.45. The van der Waals surface area contributed by atoms with E-state index in [4.69, 9.17) is 0 Å². The maximum atomic E-state index is 13.2. The summed E-state index contributed by atoms with van der Waals surface area (Å²) in [6, 6.07) is 18.6. The van der Waals surface area contributed by atoms with Crippen LogP contribution in [0.2, 0.25) is 0 Å². The number of alkyl halides is 3. The Labute approximate surface area is 177 Å². The summed E-state index contributed by atoms with van der Waals surface area (Å²) in [6.45, 7) is 0. The molecule has 158 valence electrons. The van der Waals surface area contributed by atoms with Gasteiger partial charge in [0.1, 0.15) is 0 Å². The van der Waals surface area contributed by atoms with Gasteiger partial charge >= 0.3 is 6.18 Å². The number of hydrogen-bond acceptors (Lipinski definition) is 2. The fourth-order valence-electron chi connectivity index (χ4n) is 3.48. The molecule has 0 saturated carbocycles. The van der Waals surface area contributed by atoms with E-state index in [1.807, 2.05) is 42.5 Å². The van der Waals surface area contributed by atoms with Gasteiger partial charge in [-0.3, -0.25) is 4.79 Å². The van der Waals surface area contributed by atoms with Crippen molar-refractivity contribution in [3.63, 3.8) is 0 Å². The van der Waals surface area contributed by atoms with Crippen molar-refractivity contribution in [3.8, 4) is 16.9 Å². The molecule has 0 aliphatic rings. The molecule has 0 unspecified atom stereocenters. The molecule has 1 heterocycles. The highest BCUT2D eigenvalue weighted by atomic mass is 19.4. The summed E-state index contributed by atoms with van der Waals surface area (Å²) < 4.78 is 41.0. The van der Waals surface area contributed by atoms with Crippen LogP contribution in [0.4, 0.5) is 13.2 Å². The molecule has 0 atom stereocenters. The Bertz CT molecular complexity index is 1250. The van der Waals surface area contributed by atoms with Crippen molar-refractivity contribution in [1.29, 1.82) is 0 Å². The number of halogens is 3. The summed E-state index contributed by atoms with van der Waals surface area (Å²) in [4.78, 5) is 13.9. The highest BCUT2D eigenvalue weighted by Gasteiger charge is 2.30. The molecule has 4 nitrogen and oxygen atoms in total. The second kappa shape index (κ2) is 7.91. The van der Waals surface area contributed by atoms with Gasteiger partial charge in [-0.05, 0) is 29.0 Å². The predicted molar refractivity (Wildman–Crippen MR) is 114 cm³/mol. The van der Waals surface area contributed by atoms with Crippen LogP contribution in [-0.2, 0) is 17.4 Å². The fraction of sp³-hybridized carbons (Fsp3) is 0.167. The molecule has 0 radical (unpaired) electrons. The average Bonchev–Trinajstić information content (AvgIpc) is 3.16. The van der Waals surface area contributed by atoms with Crippen LogP contribution in [0, 0.1) is 0 Å². The van der Waals surface area contributed by atoms with Crippen molar-refractivity contribution in [2.75, 3.05) is 14.1 Å². The van der Waals surface area contributed by atoms with E-state index in [0.717, 1.165) is 28.5 Å². The van der Waals surface area contributed by atoms with Gasteiger partial charge in [-0.25, -0.2) is 4.68 Å². The molecular weight excluding hydrogens is 403 g/mol. The van der Waals surface area contributed by atoms with E-state index in [-0.39, 0.29) is 18.0 Å². The van der Waals surface area contributed by atoms with Crippen molar-refractivity contribution in [3.05, 3.63) is 84.1 Å². The Morgan fingerprint density at radius 3 is 2.45 bits per heavy atom. The van der Waals surface area contributed by atoms with Crippen LogP contribution < -0.4 is 0 Å². The smallest absolute Gasteiger partial charge is 0.349 e. The first-order valence-corrected chi connectivity index (χ1v) is 9.68. The molecule has 1 amide bonds. The largest absolute Gasteiger partial charge is 0.416 e. The first-order valence-electron chi connectivity index (χ1n) is 9.68. The van der Waals surface area contributed by atoms with E-state index >= 15 is 0 Å². The van der Waals surface area contributed by atoms with Gasteiger partial charge in [0.2, 0.25) is 5.91 Å². The number of carbonyl (C=O) groups is 1. The number of hydrogen-bond donors (Lipinski definition) is 0. The summed E-state index contributed by atoms with van der Waals surface area (Å²) in [5, 5.41) is 6.58. The highest BCUT2D eigenvalue weighted by Crippen LogP contribution is 2.33. The van der Waals surface area contributed by atoms with Gasteiger partial charge in [0.05, 0.1) is 23.4 Å². The summed E-state index contributed by atoms with van der Waals surface area (Å²) >= 11 is 0. The van der Waals surface area contributed by atoms with Gasteiger partial charge in [0.25, 0.3) is 0 Å². The number of nitrogens with zero attached hydrogens (tertiary/aromatic N) is 3. The Kier molecular flexibility index (Phi) is 5.27. The number of aromatic nitrogens is 2. The molecule has 1 aromatic heterocycles. The molecule has 0 aliphatic heterocycles. The number of likely N-dealkylation sites (N-methyl/N-ethyl adjacent to an activating group) is 1. The zero-order valence-electron chi connectivity index (χ0n) is 17.0. The lowest BCUT2D eigenvalue weighted by Gasteiger charge is -2.10. The average molecular weight is 423 g/mol.